The average Bonchev–Trinajstić information content (AvgIpc) is 3.10. The highest BCUT2D eigenvalue weighted by molar-refractivity contribution is 5.80. The first kappa shape index (κ1) is 14.3. The number of nitrogens with one attached hydrogen (secondary N) is 1. The SMILES string of the molecule is Nc1c(NC2CCCC2)ncnc1N1CCCc2ccccc21. The van der Waals surface area contributed by atoms with Gasteiger partial charge in [-0.1, -0.05) is 31.0 Å². The maximum absolute atomic E-state index is 6.42. The van der Waals surface area contributed by atoms with Gasteiger partial charge in [-0.15, -0.1) is 0 Å². The lowest BCUT2D eigenvalue weighted by Crippen LogP contribution is -2.27. The predicted octanol–water partition coefficient (Wildman–Crippen LogP) is 3.50. The Kier molecular flexibility index (Phi) is 3.77. The van der Waals surface area contributed by atoms with Gasteiger partial charge in [-0.2, -0.15) is 0 Å². The third-order valence-electron chi connectivity index (χ3n) is 4.92. The molecule has 23 heavy (non-hydrogen) atoms. The molecular weight excluding hydrogens is 286 g/mol. The molecule has 2 heterocycles. The molecule has 1 aromatic carbocycles. The zero-order valence-electron chi connectivity index (χ0n) is 13.3. The van der Waals surface area contributed by atoms with E-state index in [1.165, 1.54) is 36.9 Å². The van der Waals surface area contributed by atoms with Gasteiger partial charge in [0.2, 0.25) is 0 Å². The van der Waals surface area contributed by atoms with E-state index in [0.717, 1.165) is 31.0 Å². The summed E-state index contributed by atoms with van der Waals surface area (Å²) in [7, 11) is 0. The van der Waals surface area contributed by atoms with E-state index in [0.29, 0.717) is 11.7 Å². The fourth-order valence-corrected chi connectivity index (χ4v) is 3.73. The van der Waals surface area contributed by atoms with E-state index in [9.17, 15) is 0 Å². The summed E-state index contributed by atoms with van der Waals surface area (Å²) in [4.78, 5) is 11.1. The fourth-order valence-electron chi connectivity index (χ4n) is 3.73. The highest BCUT2D eigenvalue weighted by atomic mass is 15.2. The molecule has 2 aliphatic rings. The van der Waals surface area contributed by atoms with Crippen molar-refractivity contribution in [2.45, 2.75) is 44.6 Å². The van der Waals surface area contributed by atoms with Gasteiger partial charge < -0.3 is 16.0 Å². The van der Waals surface area contributed by atoms with E-state index in [2.05, 4.69) is 44.5 Å². The Morgan fingerprint density at radius 2 is 1.91 bits per heavy atom. The van der Waals surface area contributed by atoms with E-state index < -0.39 is 0 Å². The van der Waals surface area contributed by atoms with Crippen molar-refractivity contribution in [3.05, 3.63) is 36.2 Å². The van der Waals surface area contributed by atoms with Crippen molar-refractivity contribution in [1.29, 1.82) is 0 Å². The van der Waals surface area contributed by atoms with Crippen LogP contribution in [0.5, 0.6) is 0 Å². The molecule has 0 bridgehead atoms. The summed E-state index contributed by atoms with van der Waals surface area (Å²) in [6.45, 7) is 0.946. The van der Waals surface area contributed by atoms with E-state index in [1.54, 1.807) is 6.33 Å². The lowest BCUT2D eigenvalue weighted by atomic mass is 10.0. The number of aromatic nitrogens is 2. The van der Waals surface area contributed by atoms with E-state index in [1.807, 2.05) is 0 Å². The molecule has 3 N–H and O–H groups in total. The first-order chi connectivity index (χ1) is 11.3. The summed E-state index contributed by atoms with van der Waals surface area (Å²) in [5, 5.41) is 3.51. The number of rotatable bonds is 3. The number of hydrogen-bond donors (Lipinski definition) is 2. The number of anilines is 4. The molecule has 120 valence electrons. The van der Waals surface area contributed by atoms with Crippen LogP contribution in [-0.4, -0.2) is 22.6 Å². The van der Waals surface area contributed by atoms with Crippen LogP contribution in [0.2, 0.25) is 0 Å². The van der Waals surface area contributed by atoms with Crippen LogP contribution in [0.15, 0.2) is 30.6 Å². The Morgan fingerprint density at radius 3 is 2.78 bits per heavy atom. The van der Waals surface area contributed by atoms with Crippen molar-refractivity contribution >= 4 is 23.0 Å². The van der Waals surface area contributed by atoms with Crippen molar-refractivity contribution in [3.8, 4) is 0 Å². The summed E-state index contributed by atoms with van der Waals surface area (Å²) >= 11 is 0. The third kappa shape index (κ3) is 2.71. The highest BCUT2D eigenvalue weighted by Crippen LogP contribution is 2.37. The standard InChI is InChI=1S/C18H23N5/c19-16-17(22-14-8-2-3-9-14)20-12-21-18(16)23-11-5-7-13-6-1-4-10-15(13)23/h1,4,6,10,12,14H,2-3,5,7-9,11,19H2,(H,20,21,22). The molecule has 0 saturated heterocycles. The summed E-state index contributed by atoms with van der Waals surface area (Å²) in [5.74, 6) is 1.61. The summed E-state index contributed by atoms with van der Waals surface area (Å²) in [6, 6.07) is 9.01. The lowest BCUT2D eigenvalue weighted by Gasteiger charge is -2.31. The number of benzene rings is 1. The van der Waals surface area contributed by atoms with Crippen LogP contribution in [-0.2, 0) is 6.42 Å². The number of fused-ring (bicyclic) bond motifs is 1. The van der Waals surface area contributed by atoms with Crippen LogP contribution in [0.25, 0.3) is 0 Å². The molecule has 0 spiro atoms. The molecule has 1 aliphatic heterocycles. The van der Waals surface area contributed by atoms with E-state index >= 15 is 0 Å². The van der Waals surface area contributed by atoms with Gasteiger partial charge in [0, 0.05) is 18.3 Å². The van der Waals surface area contributed by atoms with E-state index in [4.69, 9.17) is 5.73 Å². The molecule has 4 rings (SSSR count). The second-order valence-corrected chi connectivity index (χ2v) is 6.47. The summed E-state index contributed by atoms with van der Waals surface area (Å²) < 4.78 is 0. The monoisotopic (exact) mass is 309 g/mol. The summed E-state index contributed by atoms with van der Waals surface area (Å²) in [6.07, 6.45) is 8.83. The fraction of sp³-hybridized carbons (Fsp3) is 0.444. The van der Waals surface area contributed by atoms with Gasteiger partial charge >= 0.3 is 0 Å². The predicted molar refractivity (Wildman–Crippen MR) is 94.1 cm³/mol. The van der Waals surface area contributed by atoms with Gasteiger partial charge in [0.05, 0.1) is 0 Å². The minimum atomic E-state index is 0.494. The van der Waals surface area contributed by atoms with Crippen molar-refractivity contribution < 1.29 is 0 Å². The molecule has 1 aromatic heterocycles. The van der Waals surface area contributed by atoms with Gasteiger partial charge in [0.15, 0.2) is 11.6 Å². The minimum Gasteiger partial charge on any atom is -0.393 e. The highest BCUT2D eigenvalue weighted by Gasteiger charge is 2.23. The average molecular weight is 309 g/mol. The zero-order chi connectivity index (χ0) is 15.6. The number of para-hydroxylation sites is 1. The van der Waals surface area contributed by atoms with Crippen molar-refractivity contribution in [3.63, 3.8) is 0 Å². The van der Waals surface area contributed by atoms with E-state index in [-0.39, 0.29) is 0 Å². The smallest absolute Gasteiger partial charge is 0.161 e. The maximum Gasteiger partial charge on any atom is 0.161 e. The van der Waals surface area contributed by atoms with Gasteiger partial charge in [0.1, 0.15) is 12.0 Å². The second-order valence-electron chi connectivity index (χ2n) is 6.47. The van der Waals surface area contributed by atoms with Gasteiger partial charge in [0.25, 0.3) is 0 Å². The first-order valence-corrected chi connectivity index (χ1v) is 8.55. The molecule has 1 saturated carbocycles. The number of hydrogen-bond acceptors (Lipinski definition) is 5. The number of nitrogens with two attached hydrogens (primary N) is 1. The second kappa shape index (κ2) is 6.07. The molecule has 1 aliphatic carbocycles. The summed E-state index contributed by atoms with van der Waals surface area (Å²) in [5.41, 5.74) is 9.66. The van der Waals surface area contributed by atoms with Crippen molar-refractivity contribution in [2.24, 2.45) is 0 Å². The molecule has 0 radical (unpaired) electrons. The Hall–Kier alpha value is -2.30. The van der Waals surface area contributed by atoms with Crippen molar-refractivity contribution in [1.82, 2.24) is 9.97 Å². The third-order valence-corrected chi connectivity index (χ3v) is 4.92. The zero-order valence-corrected chi connectivity index (χ0v) is 13.3. The van der Waals surface area contributed by atoms with Crippen LogP contribution in [0.3, 0.4) is 0 Å². The normalized spacial score (nSPS) is 18.0. The van der Waals surface area contributed by atoms with Crippen LogP contribution < -0.4 is 16.0 Å². The number of nitrogen functional groups attached to an aromatic ring is 1. The molecule has 0 unspecified atom stereocenters. The number of nitrogens with zero attached hydrogens (tertiary/aromatic N) is 3. The minimum absolute atomic E-state index is 0.494. The topological polar surface area (TPSA) is 67.1 Å². The van der Waals surface area contributed by atoms with Crippen LogP contribution >= 0.6 is 0 Å². The Morgan fingerprint density at radius 1 is 1.09 bits per heavy atom. The largest absolute Gasteiger partial charge is 0.393 e. The molecule has 1 fully saturated rings. The Bertz CT molecular complexity index is 694. The van der Waals surface area contributed by atoms with Crippen LogP contribution in [0.4, 0.5) is 23.0 Å². The Balaban J connectivity index is 1.67. The number of aryl methyl sites for hydroxylation is 1. The molecule has 5 nitrogen and oxygen atoms in total. The maximum atomic E-state index is 6.42. The molecular formula is C18H23N5. The van der Waals surface area contributed by atoms with Crippen molar-refractivity contribution in [2.75, 3.05) is 22.5 Å². The van der Waals surface area contributed by atoms with Crippen LogP contribution in [0.1, 0.15) is 37.7 Å². The van der Waals surface area contributed by atoms with Gasteiger partial charge in [-0.25, -0.2) is 9.97 Å². The lowest BCUT2D eigenvalue weighted by molar-refractivity contribution is 0.746. The first-order valence-electron chi connectivity index (χ1n) is 8.55. The Labute approximate surface area is 136 Å². The quantitative estimate of drug-likeness (QED) is 0.908. The van der Waals surface area contributed by atoms with Gasteiger partial charge in [-0.3, -0.25) is 0 Å². The molecule has 0 amide bonds. The van der Waals surface area contributed by atoms with Gasteiger partial charge in [-0.05, 0) is 37.3 Å². The molecule has 2 aromatic rings. The molecule has 0 atom stereocenters. The van der Waals surface area contributed by atoms with Crippen LogP contribution in [0, 0.1) is 0 Å². The molecule has 5 heteroatoms.